The van der Waals surface area contributed by atoms with E-state index >= 15 is 0 Å². The van der Waals surface area contributed by atoms with Crippen molar-refractivity contribution in [2.24, 2.45) is 0 Å². The standard InChI is InChI=1S/C22H21ClF6N2O3.ClH/c1-13-2-7-16(10-17(13)23)30-20(32)34-19(22(27,28)29)12-31-8-9-33-18(11-31)14-3-5-15(6-4-14)21(24,25)26;/h2-7,10,18-19H,8-9,11-12H2,1H3,(H,30,32);1H/t18?,19-;/m0./s1. The van der Waals surface area contributed by atoms with Crippen LogP contribution in [-0.2, 0) is 15.7 Å². The quantitative estimate of drug-likeness (QED) is 0.427. The van der Waals surface area contributed by atoms with E-state index in [9.17, 15) is 31.1 Å². The predicted octanol–water partition coefficient (Wildman–Crippen LogP) is 6.64. The Hall–Kier alpha value is -2.21. The average molecular weight is 547 g/mol. The maximum Gasteiger partial charge on any atom is 0.426 e. The van der Waals surface area contributed by atoms with Gasteiger partial charge in [-0.1, -0.05) is 29.8 Å². The number of ether oxygens (including phenoxy) is 2. The van der Waals surface area contributed by atoms with Gasteiger partial charge < -0.3 is 9.47 Å². The Morgan fingerprint density at radius 3 is 2.40 bits per heavy atom. The Labute approximate surface area is 208 Å². The molecule has 2 aromatic rings. The summed E-state index contributed by atoms with van der Waals surface area (Å²) in [6.45, 7) is 1.24. The number of hydrogen-bond donors (Lipinski definition) is 1. The fraction of sp³-hybridized carbons (Fsp3) is 0.409. The Bertz CT molecular complexity index is 1000. The zero-order chi connectivity index (χ0) is 25.1. The van der Waals surface area contributed by atoms with Crippen LogP contribution in [-0.4, -0.2) is 49.5 Å². The first-order valence-corrected chi connectivity index (χ1v) is 10.5. The number of nitrogens with one attached hydrogen (secondary N) is 1. The summed E-state index contributed by atoms with van der Waals surface area (Å²) in [6.07, 6.45) is -13.8. The second-order valence-electron chi connectivity index (χ2n) is 7.76. The second-order valence-corrected chi connectivity index (χ2v) is 8.17. The van der Waals surface area contributed by atoms with E-state index in [0.29, 0.717) is 10.6 Å². The van der Waals surface area contributed by atoms with Crippen molar-refractivity contribution in [3.63, 3.8) is 0 Å². The van der Waals surface area contributed by atoms with Crippen molar-refractivity contribution in [2.45, 2.75) is 31.5 Å². The van der Waals surface area contributed by atoms with E-state index < -0.39 is 42.8 Å². The van der Waals surface area contributed by atoms with Gasteiger partial charge in [-0.05, 0) is 42.3 Å². The van der Waals surface area contributed by atoms with E-state index in [0.717, 1.165) is 17.7 Å². The first-order valence-electron chi connectivity index (χ1n) is 10.1. The molecule has 1 N–H and O–H groups in total. The summed E-state index contributed by atoms with van der Waals surface area (Å²) in [7, 11) is 0. The number of morpholine rings is 1. The van der Waals surface area contributed by atoms with Crippen molar-refractivity contribution >= 4 is 35.8 Å². The molecule has 2 aromatic carbocycles. The number of rotatable bonds is 5. The van der Waals surface area contributed by atoms with Crippen LogP contribution in [0, 0.1) is 6.92 Å². The Morgan fingerprint density at radius 2 is 1.83 bits per heavy atom. The van der Waals surface area contributed by atoms with E-state index in [2.05, 4.69) is 10.1 Å². The third-order valence-electron chi connectivity index (χ3n) is 5.22. The van der Waals surface area contributed by atoms with E-state index in [-0.39, 0.29) is 37.8 Å². The topological polar surface area (TPSA) is 50.8 Å². The van der Waals surface area contributed by atoms with Crippen LogP contribution in [0.2, 0.25) is 5.02 Å². The molecule has 0 spiro atoms. The summed E-state index contributed by atoms with van der Waals surface area (Å²) in [5, 5.41) is 2.55. The molecule has 1 aliphatic heterocycles. The van der Waals surface area contributed by atoms with Crippen molar-refractivity contribution in [3.8, 4) is 0 Å². The number of anilines is 1. The first-order chi connectivity index (χ1) is 15.8. The summed E-state index contributed by atoms with van der Waals surface area (Å²) in [4.78, 5) is 13.5. The molecule has 194 valence electrons. The molecule has 0 bridgehead atoms. The van der Waals surface area contributed by atoms with Gasteiger partial charge in [0, 0.05) is 30.3 Å². The Morgan fingerprint density at radius 1 is 1.17 bits per heavy atom. The zero-order valence-electron chi connectivity index (χ0n) is 18.3. The molecule has 1 unspecified atom stereocenters. The molecular weight excluding hydrogens is 525 g/mol. The maximum absolute atomic E-state index is 13.6. The highest BCUT2D eigenvalue weighted by atomic mass is 35.5. The van der Waals surface area contributed by atoms with Gasteiger partial charge in [0.15, 0.2) is 0 Å². The smallest absolute Gasteiger partial charge is 0.426 e. The van der Waals surface area contributed by atoms with E-state index in [4.69, 9.17) is 16.3 Å². The molecule has 1 saturated heterocycles. The highest BCUT2D eigenvalue weighted by Crippen LogP contribution is 2.32. The molecule has 13 heteroatoms. The SMILES string of the molecule is Cc1ccc(NC(=O)O[C@@H](CN2CCOC(c3ccc(C(F)(F)F)cc3)C2)C(F)(F)F)cc1Cl.Cl. The number of benzene rings is 2. The molecule has 1 fully saturated rings. The van der Waals surface area contributed by atoms with Crippen molar-refractivity contribution in [3.05, 3.63) is 64.2 Å². The van der Waals surface area contributed by atoms with Crippen molar-refractivity contribution in [2.75, 3.05) is 31.6 Å². The number of hydrogen-bond acceptors (Lipinski definition) is 4. The third-order valence-corrected chi connectivity index (χ3v) is 5.62. The highest BCUT2D eigenvalue weighted by Gasteiger charge is 2.44. The summed E-state index contributed by atoms with van der Waals surface area (Å²) in [5.74, 6) is 0. The summed E-state index contributed by atoms with van der Waals surface area (Å²) in [6, 6.07) is 8.69. The van der Waals surface area contributed by atoms with Crippen molar-refractivity contribution in [1.82, 2.24) is 4.90 Å². The second kappa shape index (κ2) is 11.7. The molecule has 0 aliphatic carbocycles. The predicted molar refractivity (Wildman–Crippen MR) is 120 cm³/mol. The monoisotopic (exact) mass is 546 g/mol. The van der Waals surface area contributed by atoms with Gasteiger partial charge in [0.05, 0.1) is 18.3 Å². The summed E-state index contributed by atoms with van der Waals surface area (Å²) in [5.41, 5.74) is 0.463. The van der Waals surface area contributed by atoms with Crippen LogP contribution in [0.3, 0.4) is 0 Å². The minimum Gasteiger partial charge on any atom is -0.435 e. The van der Waals surface area contributed by atoms with E-state index in [1.54, 1.807) is 13.0 Å². The normalized spacial score (nSPS) is 17.9. The third kappa shape index (κ3) is 8.16. The Balaban J connectivity index is 0.00000432. The molecule has 3 rings (SSSR count). The summed E-state index contributed by atoms with van der Waals surface area (Å²) < 4.78 is 89.2. The van der Waals surface area contributed by atoms with Crippen molar-refractivity contribution in [1.29, 1.82) is 0 Å². The van der Waals surface area contributed by atoms with Gasteiger partial charge in [-0.2, -0.15) is 26.3 Å². The fourth-order valence-corrected chi connectivity index (χ4v) is 3.53. The average Bonchev–Trinajstić information content (AvgIpc) is 2.75. The lowest BCUT2D eigenvalue weighted by Crippen LogP contribution is -2.48. The van der Waals surface area contributed by atoms with Gasteiger partial charge >= 0.3 is 18.4 Å². The van der Waals surface area contributed by atoms with E-state index in [1.165, 1.54) is 29.2 Å². The van der Waals surface area contributed by atoms with Gasteiger partial charge in [-0.15, -0.1) is 12.4 Å². The van der Waals surface area contributed by atoms with Gasteiger partial charge in [-0.3, -0.25) is 10.2 Å². The number of carbonyl (C=O) groups excluding carboxylic acids is 1. The molecule has 5 nitrogen and oxygen atoms in total. The molecule has 35 heavy (non-hydrogen) atoms. The lowest BCUT2D eigenvalue weighted by Gasteiger charge is -2.35. The number of aryl methyl sites for hydroxylation is 1. The maximum atomic E-state index is 13.6. The van der Waals surface area contributed by atoms with E-state index in [1.807, 2.05) is 0 Å². The minimum atomic E-state index is -4.84. The number of alkyl halides is 6. The van der Waals surface area contributed by atoms with Gasteiger partial charge in [-0.25, -0.2) is 4.79 Å². The molecule has 0 radical (unpaired) electrons. The lowest BCUT2D eigenvalue weighted by molar-refractivity contribution is -0.209. The minimum absolute atomic E-state index is 0. The largest absolute Gasteiger partial charge is 0.435 e. The molecule has 1 heterocycles. The van der Waals surface area contributed by atoms with Gasteiger partial charge in [0.1, 0.15) is 0 Å². The first kappa shape index (κ1) is 29.0. The van der Waals surface area contributed by atoms with Crippen molar-refractivity contribution < 1.29 is 40.6 Å². The Kier molecular flexibility index (Phi) is 9.69. The van der Waals surface area contributed by atoms with Crippen LogP contribution in [0.5, 0.6) is 0 Å². The number of halogens is 8. The number of nitrogens with zero attached hydrogens (tertiary/aromatic N) is 1. The fourth-order valence-electron chi connectivity index (χ4n) is 3.35. The molecule has 1 aliphatic rings. The van der Waals surface area contributed by atoms with Gasteiger partial charge in [0.2, 0.25) is 6.10 Å². The highest BCUT2D eigenvalue weighted by molar-refractivity contribution is 6.31. The van der Waals surface area contributed by atoms with Crippen LogP contribution in [0.15, 0.2) is 42.5 Å². The van der Waals surface area contributed by atoms with Crippen LogP contribution in [0.25, 0.3) is 0 Å². The molecule has 0 saturated carbocycles. The van der Waals surface area contributed by atoms with Crippen LogP contribution in [0.1, 0.15) is 22.8 Å². The lowest BCUT2D eigenvalue weighted by atomic mass is 10.0. The van der Waals surface area contributed by atoms with Crippen LogP contribution in [0.4, 0.5) is 36.8 Å². The molecular formula is C22H22Cl2F6N2O3. The molecule has 0 aromatic heterocycles. The molecule has 1 amide bonds. The van der Waals surface area contributed by atoms with Gasteiger partial charge in [0.25, 0.3) is 0 Å². The number of carbonyl (C=O) groups is 1. The zero-order valence-corrected chi connectivity index (χ0v) is 19.8. The van der Waals surface area contributed by atoms with Crippen LogP contribution < -0.4 is 5.32 Å². The number of amides is 1. The molecule has 2 atom stereocenters. The summed E-state index contributed by atoms with van der Waals surface area (Å²) >= 11 is 5.95. The van der Waals surface area contributed by atoms with Crippen LogP contribution >= 0.6 is 24.0 Å².